The highest BCUT2D eigenvalue weighted by Crippen LogP contribution is 2.28. The molecule has 0 saturated carbocycles. The second-order valence-corrected chi connectivity index (χ2v) is 4.93. The molecule has 0 fully saturated rings. The van der Waals surface area contributed by atoms with Crippen LogP contribution in [0.2, 0.25) is 0 Å². The summed E-state index contributed by atoms with van der Waals surface area (Å²) in [7, 11) is 0. The molecule has 1 N–H and O–H groups in total. The quantitative estimate of drug-likeness (QED) is 0.742. The first-order chi connectivity index (χ1) is 9.08. The predicted octanol–water partition coefficient (Wildman–Crippen LogP) is 3.28. The molecule has 0 radical (unpaired) electrons. The fraction of sp³-hybridized carbons (Fsp3) is 0.571. The van der Waals surface area contributed by atoms with E-state index in [9.17, 15) is 5.11 Å². The lowest BCUT2D eigenvalue weighted by atomic mass is 10.1. The van der Waals surface area contributed by atoms with Gasteiger partial charge in [-0.1, -0.05) is 22.0 Å². The van der Waals surface area contributed by atoms with Gasteiger partial charge in [0.15, 0.2) is 6.29 Å². The first-order valence-electron chi connectivity index (χ1n) is 6.42. The summed E-state index contributed by atoms with van der Waals surface area (Å²) in [4.78, 5) is 0. The highest BCUT2D eigenvalue weighted by Gasteiger charge is 2.13. The number of hydrogen-bond donors (Lipinski definition) is 1. The maximum absolute atomic E-state index is 9.71. The summed E-state index contributed by atoms with van der Waals surface area (Å²) in [5, 5.41) is 9.71. The van der Waals surface area contributed by atoms with Gasteiger partial charge >= 0.3 is 0 Å². The van der Waals surface area contributed by atoms with Crippen LogP contribution in [-0.2, 0) is 9.47 Å². The van der Waals surface area contributed by atoms with Gasteiger partial charge in [-0.05, 0) is 32.9 Å². The molecule has 19 heavy (non-hydrogen) atoms. The van der Waals surface area contributed by atoms with Crippen molar-refractivity contribution >= 4 is 15.9 Å². The minimum absolute atomic E-state index is 0.290. The van der Waals surface area contributed by atoms with Crippen molar-refractivity contribution < 1.29 is 19.3 Å². The van der Waals surface area contributed by atoms with Crippen molar-refractivity contribution in [2.24, 2.45) is 0 Å². The van der Waals surface area contributed by atoms with Gasteiger partial charge in [0, 0.05) is 23.2 Å². The van der Waals surface area contributed by atoms with Gasteiger partial charge in [0.25, 0.3) is 0 Å². The molecule has 4 nitrogen and oxygen atoms in total. The average molecular weight is 333 g/mol. The van der Waals surface area contributed by atoms with Crippen molar-refractivity contribution in [1.29, 1.82) is 0 Å². The van der Waals surface area contributed by atoms with E-state index in [2.05, 4.69) is 15.9 Å². The van der Waals surface area contributed by atoms with Crippen LogP contribution in [0.3, 0.4) is 0 Å². The Morgan fingerprint density at radius 3 is 2.37 bits per heavy atom. The van der Waals surface area contributed by atoms with Crippen LogP contribution in [-0.4, -0.2) is 31.2 Å². The van der Waals surface area contributed by atoms with E-state index < -0.39 is 12.4 Å². The summed E-state index contributed by atoms with van der Waals surface area (Å²) >= 11 is 3.39. The number of benzene rings is 1. The molecule has 0 aliphatic carbocycles. The van der Waals surface area contributed by atoms with Crippen LogP contribution in [0.25, 0.3) is 0 Å². The molecule has 0 saturated heterocycles. The fourth-order valence-corrected chi connectivity index (χ4v) is 1.99. The molecule has 0 heterocycles. The lowest BCUT2D eigenvalue weighted by molar-refractivity contribution is -0.152. The number of ether oxygens (including phenoxy) is 3. The van der Waals surface area contributed by atoms with Crippen LogP contribution in [0.4, 0.5) is 0 Å². The highest BCUT2D eigenvalue weighted by molar-refractivity contribution is 9.10. The number of aliphatic hydroxyl groups is 1. The Kier molecular flexibility index (Phi) is 7.38. The van der Waals surface area contributed by atoms with Gasteiger partial charge < -0.3 is 19.3 Å². The Balaban J connectivity index is 2.71. The van der Waals surface area contributed by atoms with Crippen LogP contribution >= 0.6 is 15.9 Å². The Morgan fingerprint density at radius 1 is 1.21 bits per heavy atom. The number of rotatable bonds is 8. The van der Waals surface area contributed by atoms with E-state index in [-0.39, 0.29) is 6.61 Å². The molecule has 0 amide bonds. The normalized spacial score (nSPS) is 12.7. The van der Waals surface area contributed by atoms with Crippen molar-refractivity contribution in [2.45, 2.75) is 33.2 Å². The Hall–Kier alpha value is -0.620. The minimum atomic E-state index is -0.583. The van der Waals surface area contributed by atoms with E-state index in [1.807, 2.05) is 32.0 Å². The summed E-state index contributed by atoms with van der Waals surface area (Å²) in [6, 6.07) is 5.54. The molecule has 0 aromatic heterocycles. The Bertz CT molecular complexity index is 376. The smallest absolute Gasteiger partial charge is 0.191 e. The van der Waals surface area contributed by atoms with E-state index in [1.54, 1.807) is 6.92 Å². The predicted molar refractivity (Wildman–Crippen MR) is 77.3 cm³/mol. The monoisotopic (exact) mass is 332 g/mol. The van der Waals surface area contributed by atoms with E-state index in [0.717, 1.165) is 10.0 Å². The molecule has 1 aromatic rings. The molecular weight excluding hydrogens is 312 g/mol. The molecule has 0 unspecified atom stereocenters. The van der Waals surface area contributed by atoms with E-state index in [0.29, 0.717) is 19.0 Å². The Labute approximate surface area is 122 Å². The van der Waals surface area contributed by atoms with Crippen molar-refractivity contribution in [3.05, 3.63) is 28.2 Å². The zero-order chi connectivity index (χ0) is 14.3. The van der Waals surface area contributed by atoms with E-state index in [1.165, 1.54) is 0 Å². The van der Waals surface area contributed by atoms with Gasteiger partial charge in [0.1, 0.15) is 12.4 Å². The van der Waals surface area contributed by atoms with Crippen molar-refractivity contribution in [3.63, 3.8) is 0 Å². The third-order valence-electron chi connectivity index (χ3n) is 2.51. The molecule has 0 spiro atoms. The third kappa shape index (κ3) is 5.48. The number of halogens is 1. The molecule has 0 bridgehead atoms. The fourth-order valence-electron chi connectivity index (χ4n) is 1.65. The van der Waals surface area contributed by atoms with Crippen LogP contribution in [0, 0.1) is 0 Å². The summed E-state index contributed by atoms with van der Waals surface area (Å²) in [5.74, 6) is 0.633. The van der Waals surface area contributed by atoms with Crippen molar-refractivity contribution in [3.8, 4) is 5.75 Å². The topological polar surface area (TPSA) is 47.9 Å². The average Bonchev–Trinajstić information content (AvgIpc) is 2.36. The molecule has 0 aliphatic rings. The van der Waals surface area contributed by atoms with Gasteiger partial charge in [0.2, 0.25) is 0 Å². The van der Waals surface area contributed by atoms with Crippen LogP contribution in [0.1, 0.15) is 32.4 Å². The number of aliphatic hydroxyl groups excluding tert-OH is 1. The maximum Gasteiger partial charge on any atom is 0.191 e. The molecular formula is C14H21BrO4. The second-order valence-electron chi connectivity index (χ2n) is 4.01. The van der Waals surface area contributed by atoms with Crippen LogP contribution in [0.5, 0.6) is 5.75 Å². The summed E-state index contributed by atoms with van der Waals surface area (Å²) < 4.78 is 17.4. The maximum atomic E-state index is 9.71. The van der Waals surface area contributed by atoms with Gasteiger partial charge in [-0.3, -0.25) is 0 Å². The first kappa shape index (κ1) is 16.4. The number of hydrogen-bond acceptors (Lipinski definition) is 4. The molecule has 1 atom stereocenters. The van der Waals surface area contributed by atoms with Gasteiger partial charge in [0.05, 0.1) is 6.10 Å². The summed E-state index contributed by atoms with van der Waals surface area (Å²) in [6.07, 6.45) is -0.975. The molecule has 108 valence electrons. The van der Waals surface area contributed by atoms with Crippen molar-refractivity contribution in [2.75, 3.05) is 19.8 Å². The second kappa shape index (κ2) is 8.53. The molecule has 1 rings (SSSR count). The van der Waals surface area contributed by atoms with Gasteiger partial charge in [-0.15, -0.1) is 0 Å². The minimum Gasteiger partial charge on any atom is -0.488 e. The van der Waals surface area contributed by atoms with Crippen LogP contribution < -0.4 is 4.74 Å². The molecule has 1 aromatic carbocycles. The highest BCUT2D eigenvalue weighted by atomic mass is 79.9. The van der Waals surface area contributed by atoms with E-state index in [4.69, 9.17) is 14.2 Å². The SMILES string of the molecule is CCOC(COc1cc(Br)ccc1[C@@H](C)O)OCC. The van der Waals surface area contributed by atoms with Gasteiger partial charge in [-0.25, -0.2) is 0 Å². The molecule has 5 heteroatoms. The summed E-state index contributed by atoms with van der Waals surface area (Å²) in [5.41, 5.74) is 0.745. The largest absolute Gasteiger partial charge is 0.488 e. The zero-order valence-corrected chi connectivity index (χ0v) is 13.1. The lowest BCUT2D eigenvalue weighted by Gasteiger charge is -2.19. The zero-order valence-electron chi connectivity index (χ0n) is 11.6. The van der Waals surface area contributed by atoms with Crippen molar-refractivity contribution in [1.82, 2.24) is 0 Å². The van der Waals surface area contributed by atoms with Crippen LogP contribution in [0.15, 0.2) is 22.7 Å². The first-order valence-corrected chi connectivity index (χ1v) is 7.21. The third-order valence-corrected chi connectivity index (χ3v) is 3.00. The summed E-state index contributed by atoms with van der Waals surface area (Å²) in [6.45, 7) is 6.95. The van der Waals surface area contributed by atoms with E-state index >= 15 is 0 Å². The Morgan fingerprint density at radius 2 is 1.84 bits per heavy atom. The molecule has 0 aliphatic heterocycles. The lowest BCUT2D eigenvalue weighted by Crippen LogP contribution is -2.25. The van der Waals surface area contributed by atoms with Gasteiger partial charge in [-0.2, -0.15) is 0 Å². The standard InChI is InChI=1S/C14H21BrO4/c1-4-17-14(18-5-2)9-19-13-8-11(15)6-7-12(13)10(3)16/h6-8,10,14,16H,4-5,9H2,1-3H3/t10-/m1/s1.